The van der Waals surface area contributed by atoms with Gasteiger partial charge in [0.1, 0.15) is 5.82 Å². The van der Waals surface area contributed by atoms with Crippen molar-refractivity contribution in [3.63, 3.8) is 0 Å². The van der Waals surface area contributed by atoms with Crippen LogP contribution in [0.4, 0.5) is 8.78 Å². The molecule has 0 unspecified atom stereocenters. The fourth-order valence-corrected chi connectivity index (χ4v) is 2.15. The highest BCUT2D eigenvalue weighted by molar-refractivity contribution is 6.00. The van der Waals surface area contributed by atoms with E-state index in [0.717, 1.165) is 0 Å². The minimum Gasteiger partial charge on any atom is -0.348 e. The molecule has 1 N–H and O–H groups in total. The highest BCUT2D eigenvalue weighted by Crippen LogP contribution is 2.30. The normalized spacial score (nSPS) is 13.3. The highest BCUT2D eigenvalue weighted by Gasteiger charge is 2.26. The van der Waals surface area contributed by atoms with Gasteiger partial charge < -0.3 is 5.32 Å². The molecule has 3 rings (SSSR count). The standard InChI is InChI=1S/C13H8F2N2O/c14-10-2-1-8(7-3-4-16-11(15)5-7)9-6-17-13(18)12(9)10/h1-5H,6H2,(H,17,18). The van der Waals surface area contributed by atoms with Crippen LogP contribution in [0, 0.1) is 11.8 Å². The van der Waals surface area contributed by atoms with E-state index in [0.29, 0.717) is 16.7 Å². The van der Waals surface area contributed by atoms with Crippen molar-refractivity contribution >= 4 is 5.91 Å². The Kier molecular flexibility index (Phi) is 2.33. The Balaban J connectivity index is 2.23. The average molecular weight is 246 g/mol. The van der Waals surface area contributed by atoms with Crippen LogP contribution in [-0.4, -0.2) is 10.9 Å². The van der Waals surface area contributed by atoms with E-state index in [1.165, 1.54) is 18.3 Å². The second kappa shape index (κ2) is 3.87. The molecular weight excluding hydrogens is 238 g/mol. The molecule has 0 atom stereocenters. The summed E-state index contributed by atoms with van der Waals surface area (Å²) in [5.41, 5.74) is 1.83. The number of carbonyl (C=O) groups is 1. The highest BCUT2D eigenvalue weighted by atomic mass is 19.1. The smallest absolute Gasteiger partial charge is 0.254 e. The zero-order valence-electron chi connectivity index (χ0n) is 9.21. The van der Waals surface area contributed by atoms with Crippen LogP contribution in [0.2, 0.25) is 0 Å². The van der Waals surface area contributed by atoms with Crippen molar-refractivity contribution < 1.29 is 13.6 Å². The molecule has 5 heteroatoms. The zero-order valence-corrected chi connectivity index (χ0v) is 9.21. The monoisotopic (exact) mass is 246 g/mol. The number of halogens is 2. The lowest BCUT2D eigenvalue weighted by Gasteiger charge is -2.07. The van der Waals surface area contributed by atoms with Crippen LogP contribution in [0.3, 0.4) is 0 Å². The van der Waals surface area contributed by atoms with Gasteiger partial charge in [0, 0.05) is 18.8 Å². The van der Waals surface area contributed by atoms with E-state index in [4.69, 9.17) is 0 Å². The first kappa shape index (κ1) is 10.8. The predicted molar refractivity (Wildman–Crippen MR) is 60.8 cm³/mol. The molecule has 1 amide bonds. The van der Waals surface area contributed by atoms with Gasteiger partial charge in [-0.05, 0) is 28.8 Å². The summed E-state index contributed by atoms with van der Waals surface area (Å²) < 4.78 is 26.7. The van der Waals surface area contributed by atoms with Crippen LogP contribution < -0.4 is 5.32 Å². The van der Waals surface area contributed by atoms with E-state index in [1.807, 2.05) is 0 Å². The number of aromatic nitrogens is 1. The molecule has 3 nitrogen and oxygen atoms in total. The molecule has 0 radical (unpaired) electrons. The Hall–Kier alpha value is -2.30. The van der Waals surface area contributed by atoms with Crippen LogP contribution >= 0.6 is 0 Å². The third kappa shape index (κ3) is 1.55. The quantitative estimate of drug-likeness (QED) is 0.784. The van der Waals surface area contributed by atoms with Crippen LogP contribution in [0.25, 0.3) is 11.1 Å². The van der Waals surface area contributed by atoms with E-state index in [2.05, 4.69) is 10.3 Å². The van der Waals surface area contributed by atoms with Crippen LogP contribution in [0.5, 0.6) is 0 Å². The third-order valence-electron chi connectivity index (χ3n) is 2.95. The van der Waals surface area contributed by atoms with Crippen molar-refractivity contribution in [1.29, 1.82) is 0 Å². The first-order chi connectivity index (χ1) is 8.66. The third-order valence-corrected chi connectivity index (χ3v) is 2.95. The number of nitrogens with one attached hydrogen (secondary N) is 1. The Morgan fingerprint density at radius 3 is 2.83 bits per heavy atom. The number of nitrogens with zero attached hydrogens (tertiary/aromatic N) is 1. The van der Waals surface area contributed by atoms with E-state index < -0.39 is 17.7 Å². The summed E-state index contributed by atoms with van der Waals surface area (Å²) in [5.74, 6) is -1.60. The SMILES string of the molecule is O=C1NCc2c(-c3ccnc(F)c3)ccc(F)c21. The summed E-state index contributed by atoms with van der Waals surface area (Å²) in [5, 5.41) is 2.56. The van der Waals surface area contributed by atoms with Crippen LogP contribution in [0.15, 0.2) is 30.5 Å². The molecule has 0 spiro atoms. The maximum atomic E-state index is 13.6. The summed E-state index contributed by atoms with van der Waals surface area (Å²) >= 11 is 0. The van der Waals surface area contributed by atoms with Crippen molar-refractivity contribution in [3.8, 4) is 11.1 Å². The van der Waals surface area contributed by atoms with Gasteiger partial charge in [0.15, 0.2) is 0 Å². The van der Waals surface area contributed by atoms with Gasteiger partial charge in [-0.25, -0.2) is 9.37 Å². The maximum absolute atomic E-state index is 13.6. The molecule has 0 saturated heterocycles. The number of rotatable bonds is 1. The molecule has 0 fully saturated rings. The molecule has 18 heavy (non-hydrogen) atoms. The van der Waals surface area contributed by atoms with Gasteiger partial charge >= 0.3 is 0 Å². The van der Waals surface area contributed by atoms with Crippen LogP contribution in [-0.2, 0) is 6.54 Å². The van der Waals surface area contributed by atoms with Crippen molar-refractivity contribution in [2.75, 3.05) is 0 Å². The summed E-state index contributed by atoms with van der Waals surface area (Å²) in [6, 6.07) is 5.65. The van der Waals surface area contributed by atoms with Crippen LogP contribution in [0.1, 0.15) is 15.9 Å². The lowest BCUT2D eigenvalue weighted by atomic mass is 9.97. The molecule has 1 aromatic carbocycles. The molecule has 2 heterocycles. The number of hydrogen-bond acceptors (Lipinski definition) is 2. The summed E-state index contributed by atoms with van der Waals surface area (Å²) in [6.45, 7) is 0.255. The van der Waals surface area contributed by atoms with E-state index in [9.17, 15) is 13.6 Å². The number of carbonyl (C=O) groups excluding carboxylic acids is 1. The van der Waals surface area contributed by atoms with Crippen molar-refractivity contribution in [2.24, 2.45) is 0 Å². The second-order valence-electron chi connectivity index (χ2n) is 4.00. The number of amides is 1. The number of hydrogen-bond donors (Lipinski definition) is 1. The Labute approximate surface area is 101 Å². The number of fused-ring (bicyclic) bond motifs is 1. The number of benzene rings is 1. The molecule has 0 bridgehead atoms. The lowest BCUT2D eigenvalue weighted by molar-refractivity contribution is 0.0962. The average Bonchev–Trinajstić information content (AvgIpc) is 2.73. The summed E-state index contributed by atoms with van der Waals surface area (Å²) in [7, 11) is 0. The fourth-order valence-electron chi connectivity index (χ4n) is 2.15. The predicted octanol–water partition coefficient (Wildman–Crippen LogP) is 2.27. The Bertz CT molecular complexity index is 655. The van der Waals surface area contributed by atoms with Gasteiger partial charge in [0.2, 0.25) is 5.95 Å². The Morgan fingerprint density at radius 2 is 2.06 bits per heavy atom. The minimum atomic E-state index is -0.608. The molecule has 1 aliphatic rings. The molecule has 1 aliphatic heterocycles. The molecule has 1 aromatic heterocycles. The second-order valence-corrected chi connectivity index (χ2v) is 4.00. The van der Waals surface area contributed by atoms with Crippen molar-refractivity contribution in [3.05, 3.63) is 53.4 Å². The lowest BCUT2D eigenvalue weighted by Crippen LogP contribution is -2.13. The van der Waals surface area contributed by atoms with Gasteiger partial charge in [0.05, 0.1) is 5.56 Å². The van der Waals surface area contributed by atoms with Crippen molar-refractivity contribution in [1.82, 2.24) is 10.3 Å². The molecule has 0 saturated carbocycles. The number of pyridine rings is 1. The molecule has 90 valence electrons. The van der Waals surface area contributed by atoms with Gasteiger partial charge in [-0.15, -0.1) is 0 Å². The van der Waals surface area contributed by atoms with E-state index in [1.54, 1.807) is 12.1 Å². The van der Waals surface area contributed by atoms with Crippen molar-refractivity contribution in [2.45, 2.75) is 6.54 Å². The van der Waals surface area contributed by atoms with E-state index in [-0.39, 0.29) is 12.1 Å². The fraction of sp³-hybridized carbons (Fsp3) is 0.0769. The molecular formula is C13H8F2N2O. The topological polar surface area (TPSA) is 42.0 Å². The van der Waals surface area contributed by atoms with Gasteiger partial charge in [-0.1, -0.05) is 6.07 Å². The zero-order chi connectivity index (χ0) is 12.7. The van der Waals surface area contributed by atoms with Gasteiger partial charge in [-0.3, -0.25) is 4.79 Å². The van der Waals surface area contributed by atoms with Gasteiger partial charge in [-0.2, -0.15) is 4.39 Å². The molecule has 0 aliphatic carbocycles. The maximum Gasteiger partial charge on any atom is 0.254 e. The van der Waals surface area contributed by atoms with E-state index >= 15 is 0 Å². The summed E-state index contributed by atoms with van der Waals surface area (Å²) in [6.07, 6.45) is 1.34. The minimum absolute atomic E-state index is 0.0460. The van der Waals surface area contributed by atoms with Gasteiger partial charge in [0.25, 0.3) is 5.91 Å². The molecule has 2 aromatic rings. The largest absolute Gasteiger partial charge is 0.348 e. The Morgan fingerprint density at radius 1 is 1.22 bits per heavy atom. The first-order valence-corrected chi connectivity index (χ1v) is 5.38. The summed E-state index contributed by atoms with van der Waals surface area (Å²) in [4.78, 5) is 15.0. The first-order valence-electron chi connectivity index (χ1n) is 5.38.